The van der Waals surface area contributed by atoms with Crippen molar-refractivity contribution in [3.05, 3.63) is 67.3 Å². The summed E-state index contributed by atoms with van der Waals surface area (Å²) in [6, 6.07) is 16.7. The molecule has 1 atom stereocenters. The van der Waals surface area contributed by atoms with Gasteiger partial charge in [-0.25, -0.2) is 13.1 Å². The van der Waals surface area contributed by atoms with Crippen LogP contribution >= 0.6 is 11.8 Å². The predicted octanol–water partition coefficient (Wildman–Crippen LogP) is 4.08. The van der Waals surface area contributed by atoms with Gasteiger partial charge in [0, 0.05) is 15.8 Å². The van der Waals surface area contributed by atoms with Crippen molar-refractivity contribution in [2.75, 3.05) is 0 Å². The summed E-state index contributed by atoms with van der Waals surface area (Å²) in [7, 11) is -3.48. The van der Waals surface area contributed by atoms with Crippen LogP contribution in [-0.2, 0) is 10.0 Å². The van der Waals surface area contributed by atoms with Crippen LogP contribution in [0.5, 0.6) is 0 Å². The normalized spacial score (nSPS) is 12.8. The summed E-state index contributed by atoms with van der Waals surface area (Å²) in [6.45, 7) is 5.44. The summed E-state index contributed by atoms with van der Waals surface area (Å²) in [5.41, 5.74) is 0. The van der Waals surface area contributed by atoms with Crippen LogP contribution in [0.25, 0.3) is 0 Å². The molecule has 3 nitrogen and oxygen atoms in total. The molecule has 0 spiro atoms. The van der Waals surface area contributed by atoms with Gasteiger partial charge in [0.1, 0.15) is 0 Å². The maximum atomic E-state index is 12.2. The molecule has 1 N–H and O–H groups in total. The molecule has 5 heteroatoms. The third kappa shape index (κ3) is 4.73. The molecule has 0 aliphatic heterocycles. The van der Waals surface area contributed by atoms with Gasteiger partial charge in [-0.3, -0.25) is 0 Å². The smallest absolute Gasteiger partial charge is 0.208 e. The van der Waals surface area contributed by atoms with Crippen molar-refractivity contribution < 1.29 is 8.42 Å². The monoisotopic (exact) mass is 333 g/mol. The van der Waals surface area contributed by atoms with Gasteiger partial charge in [-0.05, 0) is 49.7 Å². The Kier molecular flexibility index (Phi) is 5.83. The lowest BCUT2D eigenvalue weighted by Crippen LogP contribution is -2.32. The van der Waals surface area contributed by atoms with Crippen LogP contribution in [0, 0.1) is 0 Å². The highest BCUT2D eigenvalue weighted by Gasteiger charge is 2.16. The largest absolute Gasteiger partial charge is 0.240 e. The number of hydrogen-bond donors (Lipinski definition) is 1. The second kappa shape index (κ2) is 7.63. The van der Waals surface area contributed by atoms with E-state index in [2.05, 4.69) is 11.3 Å². The number of sulfonamides is 1. The molecule has 0 saturated carbocycles. The fourth-order valence-electron chi connectivity index (χ4n) is 1.94. The first-order valence-corrected chi connectivity index (χ1v) is 9.27. The summed E-state index contributed by atoms with van der Waals surface area (Å²) in [4.78, 5) is 2.40. The maximum absolute atomic E-state index is 12.2. The van der Waals surface area contributed by atoms with E-state index in [0.717, 1.165) is 9.79 Å². The fraction of sp³-hybridized carbons (Fsp3) is 0.176. The molecule has 0 aliphatic rings. The molecule has 0 fully saturated rings. The minimum absolute atomic E-state index is 0.166. The Morgan fingerprint density at radius 3 is 2.27 bits per heavy atom. The molecule has 2 aromatic carbocycles. The Morgan fingerprint density at radius 2 is 1.68 bits per heavy atom. The zero-order valence-corrected chi connectivity index (χ0v) is 14.0. The zero-order valence-electron chi connectivity index (χ0n) is 12.4. The Bertz CT molecular complexity index is 710. The Hall–Kier alpha value is -1.56. The summed E-state index contributed by atoms with van der Waals surface area (Å²) in [6.07, 6.45) is 2.30. The SMILES string of the molecule is C=CC[C@@H](C)NS(=O)(=O)c1ccc(Sc2ccccc2)cc1. The van der Waals surface area contributed by atoms with E-state index in [0.29, 0.717) is 6.42 Å². The molecule has 22 heavy (non-hydrogen) atoms. The van der Waals surface area contributed by atoms with E-state index in [9.17, 15) is 8.42 Å². The average molecular weight is 333 g/mol. The van der Waals surface area contributed by atoms with E-state index in [-0.39, 0.29) is 10.9 Å². The number of benzene rings is 2. The van der Waals surface area contributed by atoms with Crippen molar-refractivity contribution in [1.29, 1.82) is 0 Å². The molecule has 0 aliphatic carbocycles. The zero-order chi connectivity index (χ0) is 16.0. The van der Waals surface area contributed by atoms with Gasteiger partial charge in [-0.2, -0.15) is 0 Å². The number of rotatable bonds is 7. The molecule has 0 unspecified atom stereocenters. The highest BCUT2D eigenvalue weighted by molar-refractivity contribution is 7.99. The van der Waals surface area contributed by atoms with Crippen molar-refractivity contribution in [3.63, 3.8) is 0 Å². The topological polar surface area (TPSA) is 46.2 Å². The Morgan fingerprint density at radius 1 is 1.09 bits per heavy atom. The van der Waals surface area contributed by atoms with Gasteiger partial charge in [0.05, 0.1) is 4.90 Å². The van der Waals surface area contributed by atoms with Gasteiger partial charge >= 0.3 is 0 Å². The van der Waals surface area contributed by atoms with E-state index in [1.807, 2.05) is 49.4 Å². The summed E-state index contributed by atoms with van der Waals surface area (Å²) >= 11 is 1.60. The molecule has 116 valence electrons. The van der Waals surface area contributed by atoms with E-state index in [1.54, 1.807) is 30.0 Å². The lowest BCUT2D eigenvalue weighted by atomic mass is 10.3. The molecule has 0 amide bonds. The molecule has 0 saturated heterocycles. The summed E-state index contributed by atoms with van der Waals surface area (Å²) in [5, 5.41) is 0. The molecular formula is C17H19NO2S2. The quantitative estimate of drug-likeness (QED) is 0.777. The van der Waals surface area contributed by atoms with Crippen molar-refractivity contribution in [2.45, 2.75) is 34.1 Å². The molecule has 0 heterocycles. The minimum atomic E-state index is -3.48. The van der Waals surface area contributed by atoms with Gasteiger partial charge in [0.15, 0.2) is 0 Å². The van der Waals surface area contributed by atoms with Gasteiger partial charge in [0.2, 0.25) is 10.0 Å². The van der Waals surface area contributed by atoms with Crippen LogP contribution < -0.4 is 4.72 Å². The van der Waals surface area contributed by atoms with Crippen molar-refractivity contribution in [1.82, 2.24) is 4.72 Å². The van der Waals surface area contributed by atoms with Crippen molar-refractivity contribution in [3.8, 4) is 0 Å². The maximum Gasteiger partial charge on any atom is 0.240 e. The molecule has 0 bridgehead atoms. The fourth-order valence-corrected chi connectivity index (χ4v) is 4.04. The van der Waals surface area contributed by atoms with Gasteiger partial charge in [-0.1, -0.05) is 36.0 Å². The number of hydrogen-bond acceptors (Lipinski definition) is 3. The summed E-state index contributed by atoms with van der Waals surface area (Å²) < 4.78 is 27.1. The first-order chi connectivity index (χ1) is 10.5. The second-order valence-corrected chi connectivity index (χ2v) is 7.79. The lowest BCUT2D eigenvalue weighted by molar-refractivity contribution is 0.562. The first-order valence-electron chi connectivity index (χ1n) is 6.97. The third-order valence-electron chi connectivity index (χ3n) is 2.99. The number of nitrogens with one attached hydrogen (secondary N) is 1. The average Bonchev–Trinajstić information content (AvgIpc) is 2.48. The van der Waals surface area contributed by atoms with Gasteiger partial charge in [-0.15, -0.1) is 6.58 Å². The molecule has 2 rings (SSSR count). The minimum Gasteiger partial charge on any atom is -0.208 e. The van der Waals surface area contributed by atoms with Crippen LogP contribution in [0.15, 0.2) is 81.9 Å². The lowest BCUT2D eigenvalue weighted by Gasteiger charge is -2.12. The van der Waals surface area contributed by atoms with E-state index >= 15 is 0 Å². The van der Waals surface area contributed by atoms with Crippen LogP contribution in [0.1, 0.15) is 13.3 Å². The van der Waals surface area contributed by atoms with E-state index in [1.165, 1.54) is 0 Å². The molecule has 0 aromatic heterocycles. The molecule has 0 radical (unpaired) electrons. The Balaban J connectivity index is 2.09. The van der Waals surface area contributed by atoms with Crippen molar-refractivity contribution in [2.24, 2.45) is 0 Å². The predicted molar refractivity (Wildman–Crippen MR) is 91.6 cm³/mol. The van der Waals surface area contributed by atoms with Crippen LogP contribution in [0.4, 0.5) is 0 Å². The highest BCUT2D eigenvalue weighted by Crippen LogP contribution is 2.28. The molecular weight excluding hydrogens is 314 g/mol. The van der Waals surface area contributed by atoms with Crippen LogP contribution in [0.2, 0.25) is 0 Å². The third-order valence-corrected chi connectivity index (χ3v) is 5.61. The summed E-state index contributed by atoms with van der Waals surface area (Å²) in [5.74, 6) is 0. The van der Waals surface area contributed by atoms with Crippen LogP contribution in [-0.4, -0.2) is 14.5 Å². The van der Waals surface area contributed by atoms with Crippen molar-refractivity contribution >= 4 is 21.8 Å². The van der Waals surface area contributed by atoms with E-state index < -0.39 is 10.0 Å². The van der Waals surface area contributed by atoms with E-state index in [4.69, 9.17) is 0 Å². The van der Waals surface area contributed by atoms with Gasteiger partial charge < -0.3 is 0 Å². The standard InChI is InChI=1S/C17H19NO2S2/c1-3-7-14(2)18-22(19,20)17-12-10-16(11-13-17)21-15-8-5-4-6-9-15/h3-6,8-14,18H,1,7H2,2H3/t14-/m1/s1. The second-order valence-electron chi connectivity index (χ2n) is 4.93. The van der Waals surface area contributed by atoms with Gasteiger partial charge in [0.25, 0.3) is 0 Å². The Labute approximate surface area is 136 Å². The van der Waals surface area contributed by atoms with Crippen LogP contribution in [0.3, 0.4) is 0 Å². The molecule has 2 aromatic rings. The highest BCUT2D eigenvalue weighted by atomic mass is 32.2. The first kappa shape index (κ1) is 16.8.